The molecule has 3 N–H and O–H groups in total. The number of benzene rings is 2. The van der Waals surface area contributed by atoms with Crippen LogP contribution < -0.4 is 0 Å². The molecule has 0 saturated carbocycles. The smallest absolute Gasteiger partial charge is 0.122 e. The number of phenols is 2. The third-order valence-corrected chi connectivity index (χ3v) is 3.96. The largest absolute Gasteiger partial charge is 0.508 e. The molecule has 0 saturated heterocycles. The first-order valence-electron chi connectivity index (χ1n) is 7.81. The summed E-state index contributed by atoms with van der Waals surface area (Å²) in [6.07, 6.45) is 0. The lowest BCUT2D eigenvalue weighted by molar-refractivity contribution is 0.181. The number of aryl methyl sites for hydroxylation is 3. The number of aliphatic hydroxyl groups excluding tert-OH is 1. The molecular formula is C19H25NO3. The van der Waals surface area contributed by atoms with Gasteiger partial charge in [-0.05, 0) is 32.4 Å². The van der Waals surface area contributed by atoms with Crippen molar-refractivity contribution in [2.75, 3.05) is 13.2 Å². The fourth-order valence-electron chi connectivity index (χ4n) is 2.85. The van der Waals surface area contributed by atoms with Crippen LogP contribution in [-0.2, 0) is 13.1 Å². The molecule has 0 unspecified atom stereocenters. The van der Waals surface area contributed by atoms with E-state index in [-0.39, 0.29) is 12.4 Å². The van der Waals surface area contributed by atoms with E-state index in [1.165, 1.54) is 0 Å². The molecule has 0 amide bonds. The second-order valence-electron chi connectivity index (χ2n) is 6.16. The van der Waals surface area contributed by atoms with E-state index in [1.54, 1.807) is 6.07 Å². The summed E-state index contributed by atoms with van der Waals surface area (Å²) in [5, 5.41) is 29.6. The number of hydrogen-bond acceptors (Lipinski definition) is 4. The van der Waals surface area contributed by atoms with E-state index in [2.05, 4.69) is 0 Å². The minimum Gasteiger partial charge on any atom is -0.508 e. The third kappa shape index (κ3) is 4.47. The van der Waals surface area contributed by atoms with Crippen LogP contribution >= 0.6 is 0 Å². The van der Waals surface area contributed by atoms with Crippen molar-refractivity contribution >= 4 is 0 Å². The van der Waals surface area contributed by atoms with Crippen LogP contribution in [-0.4, -0.2) is 33.4 Å². The minimum atomic E-state index is 0.0259. The zero-order valence-corrected chi connectivity index (χ0v) is 14.0. The molecule has 2 aromatic rings. The van der Waals surface area contributed by atoms with Crippen LogP contribution in [0.4, 0.5) is 0 Å². The summed E-state index contributed by atoms with van der Waals surface area (Å²) in [6, 6.07) is 9.41. The lowest BCUT2D eigenvalue weighted by Crippen LogP contribution is -2.26. The molecule has 124 valence electrons. The van der Waals surface area contributed by atoms with Gasteiger partial charge >= 0.3 is 0 Å². The van der Waals surface area contributed by atoms with Crippen molar-refractivity contribution in [2.45, 2.75) is 33.9 Å². The van der Waals surface area contributed by atoms with Gasteiger partial charge in [-0.15, -0.1) is 0 Å². The normalized spacial score (nSPS) is 11.2. The monoisotopic (exact) mass is 315 g/mol. The van der Waals surface area contributed by atoms with Gasteiger partial charge in [0.2, 0.25) is 0 Å². The summed E-state index contributed by atoms with van der Waals surface area (Å²) in [4.78, 5) is 2.02. The number of aromatic hydroxyl groups is 2. The molecule has 0 aromatic heterocycles. The van der Waals surface area contributed by atoms with E-state index in [0.717, 1.165) is 27.8 Å². The van der Waals surface area contributed by atoms with Crippen LogP contribution in [0.3, 0.4) is 0 Å². The summed E-state index contributed by atoms with van der Waals surface area (Å²) < 4.78 is 0. The van der Waals surface area contributed by atoms with Gasteiger partial charge in [-0.25, -0.2) is 0 Å². The second-order valence-corrected chi connectivity index (χ2v) is 6.16. The number of phenolic OH excluding ortho intramolecular Hbond substituents is 2. The van der Waals surface area contributed by atoms with Gasteiger partial charge in [0.1, 0.15) is 11.5 Å². The summed E-state index contributed by atoms with van der Waals surface area (Å²) in [5.41, 5.74) is 4.68. The van der Waals surface area contributed by atoms with E-state index < -0.39 is 0 Å². The Hall–Kier alpha value is -2.04. The van der Waals surface area contributed by atoms with Gasteiger partial charge < -0.3 is 15.3 Å². The maximum Gasteiger partial charge on any atom is 0.122 e. The van der Waals surface area contributed by atoms with Gasteiger partial charge in [0.15, 0.2) is 0 Å². The zero-order chi connectivity index (χ0) is 17.0. The second kappa shape index (κ2) is 7.49. The van der Waals surface area contributed by atoms with Crippen molar-refractivity contribution < 1.29 is 15.3 Å². The first kappa shape index (κ1) is 17.3. The Bertz CT molecular complexity index is 683. The van der Waals surface area contributed by atoms with Crippen LogP contribution in [0.25, 0.3) is 0 Å². The van der Waals surface area contributed by atoms with Gasteiger partial charge in [-0.1, -0.05) is 35.4 Å². The van der Waals surface area contributed by atoms with Crippen molar-refractivity contribution in [3.05, 3.63) is 58.1 Å². The standard InChI is InChI=1S/C19H25NO3/c1-13-4-5-18(22)16(9-13)11-20(6-7-21)12-17-10-14(2)8-15(3)19(17)23/h4-5,8-10,21-23H,6-7,11-12H2,1-3H3. The van der Waals surface area contributed by atoms with Gasteiger partial charge in [0.25, 0.3) is 0 Å². The first-order chi connectivity index (χ1) is 10.9. The minimum absolute atomic E-state index is 0.0259. The Morgan fingerprint density at radius 1 is 0.870 bits per heavy atom. The Morgan fingerprint density at radius 3 is 2.22 bits per heavy atom. The van der Waals surface area contributed by atoms with Gasteiger partial charge in [0.05, 0.1) is 6.61 Å². The molecule has 0 aliphatic heterocycles. The SMILES string of the molecule is Cc1ccc(O)c(CN(CCO)Cc2cc(C)cc(C)c2O)c1. The predicted molar refractivity (Wildman–Crippen MR) is 91.6 cm³/mol. The van der Waals surface area contributed by atoms with Crippen molar-refractivity contribution in [3.63, 3.8) is 0 Å². The van der Waals surface area contributed by atoms with E-state index in [0.29, 0.717) is 25.4 Å². The van der Waals surface area contributed by atoms with Crippen LogP contribution in [0.1, 0.15) is 27.8 Å². The molecule has 0 aliphatic rings. The van der Waals surface area contributed by atoms with Crippen molar-refractivity contribution in [1.82, 2.24) is 4.90 Å². The number of nitrogens with zero attached hydrogens (tertiary/aromatic N) is 1. The first-order valence-corrected chi connectivity index (χ1v) is 7.81. The van der Waals surface area contributed by atoms with Crippen molar-refractivity contribution in [1.29, 1.82) is 0 Å². The molecule has 2 rings (SSSR count). The summed E-state index contributed by atoms with van der Waals surface area (Å²) in [6.45, 7) is 7.39. The average molecular weight is 315 g/mol. The molecule has 0 heterocycles. The lowest BCUT2D eigenvalue weighted by Gasteiger charge is -2.23. The molecule has 0 aliphatic carbocycles. The summed E-state index contributed by atoms with van der Waals surface area (Å²) in [7, 11) is 0. The van der Waals surface area contributed by atoms with Crippen molar-refractivity contribution in [3.8, 4) is 11.5 Å². The van der Waals surface area contributed by atoms with Crippen LogP contribution in [0.15, 0.2) is 30.3 Å². The molecule has 0 spiro atoms. The maximum atomic E-state index is 10.3. The highest BCUT2D eigenvalue weighted by Gasteiger charge is 2.13. The van der Waals surface area contributed by atoms with Gasteiger partial charge in [-0.2, -0.15) is 0 Å². The molecule has 23 heavy (non-hydrogen) atoms. The van der Waals surface area contributed by atoms with E-state index >= 15 is 0 Å². The molecular weight excluding hydrogens is 290 g/mol. The topological polar surface area (TPSA) is 63.9 Å². The highest BCUT2D eigenvalue weighted by atomic mass is 16.3. The average Bonchev–Trinajstić information content (AvgIpc) is 2.48. The Kier molecular flexibility index (Phi) is 5.64. The number of hydrogen-bond donors (Lipinski definition) is 3. The van der Waals surface area contributed by atoms with Crippen LogP contribution in [0.5, 0.6) is 11.5 Å². The molecule has 2 aromatic carbocycles. The molecule has 4 nitrogen and oxygen atoms in total. The molecule has 0 fully saturated rings. The quantitative estimate of drug-likeness (QED) is 0.767. The molecule has 0 bridgehead atoms. The number of rotatable bonds is 6. The Labute approximate surface area is 137 Å². The van der Waals surface area contributed by atoms with E-state index in [1.807, 2.05) is 49.9 Å². The van der Waals surface area contributed by atoms with Gasteiger partial charge in [-0.3, -0.25) is 4.90 Å². The Balaban J connectivity index is 2.24. The summed E-state index contributed by atoms with van der Waals surface area (Å²) in [5.74, 6) is 0.551. The van der Waals surface area contributed by atoms with Gasteiger partial charge in [0, 0.05) is 30.8 Å². The highest BCUT2D eigenvalue weighted by molar-refractivity contribution is 5.43. The fraction of sp³-hybridized carbons (Fsp3) is 0.368. The van der Waals surface area contributed by atoms with Crippen LogP contribution in [0.2, 0.25) is 0 Å². The zero-order valence-electron chi connectivity index (χ0n) is 14.0. The van der Waals surface area contributed by atoms with E-state index in [9.17, 15) is 15.3 Å². The fourth-order valence-corrected chi connectivity index (χ4v) is 2.85. The summed E-state index contributed by atoms with van der Waals surface area (Å²) >= 11 is 0. The van der Waals surface area contributed by atoms with Crippen LogP contribution in [0, 0.1) is 20.8 Å². The Morgan fingerprint density at radius 2 is 1.52 bits per heavy atom. The predicted octanol–water partition coefficient (Wildman–Crippen LogP) is 3.02. The maximum absolute atomic E-state index is 10.3. The number of aliphatic hydroxyl groups is 1. The highest BCUT2D eigenvalue weighted by Crippen LogP contribution is 2.26. The third-order valence-electron chi connectivity index (χ3n) is 3.96. The molecule has 4 heteroatoms. The lowest BCUT2D eigenvalue weighted by atomic mass is 10.0. The van der Waals surface area contributed by atoms with Crippen molar-refractivity contribution in [2.24, 2.45) is 0 Å². The van der Waals surface area contributed by atoms with E-state index in [4.69, 9.17) is 0 Å². The molecule has 0 radical (unpaired) electrons. The molecule has 0 atom stereocenters.